The molecule has 1 fully saturated rings. The minimum atomic E-state index is 0.560. The molecule has 0 saturated carbocycles. The number of anilines is 1. The molecule has 0 aromatic carbocycles. The van der Waals surface area contributed by atoms with Crippen LogP contribution in [0.15, 0.2) is 12.3 Å². The van der Waals surface area contributed by atoms with E-state index < -0.39 is 0 Å². The zero-order chi connectivity index (χ0) is 12.3. The predicted molar refractivity (Wildman–Crippen MR) is 72.2 cm³/mol. The van der Waals surface area contributed by atoms with Crippen LogP contribution in [0.2, 0.25) is 0 Å². The molecule has 2 rings (SSSR count). The van der Waals surface area contributed by atoms with E-state index in [1.165, 1.54) is 0 Å². The number of piperazine rings is 1. The Labute approximate surface area is 107 Å². The van der Waals surface area contributed by atoms with Crippen molar-refractivity contribution in [2.75, 3.05) is 37.6 Å². The molecular weight excluding hydrogens is 234 g/mol. The van der Waals surface area contributed by atoms with Crippen LogP contribution >= 0.6 is 12.2 Å². The third-order valence-corrected chi connectivity index (χ3v) is 2.95. The highest BCUT2D eigenvalue weighted by Gasteiger charge is 2.18. The van der Waals surface area contributed by atoms with E-state index >= 15 is 0 Å². The molecule has 1 aromatic heterocycles. The fourth-order valence-electron chi connectivity index (χ4n) is 1.91. The molecule has 6 heteroatoms. The van der Waals surface area contributed by atoms with E-state index in [0.29, 0.717) is 11.5 Å². The van der Waals surface area contributed by atoms with Crippen molar-refractivity contribution >= 4 is 23.2 Å². The number of aryl methyl sites for hydroxylation is 1. The summed E-state index contributed by atoms with van der Waals surface area (Å²) < 4.78 is 0. The van der Waals surface area contributed by atoms with Gasteiger partial charge in [0, 0.05) is 44.6 Å². The number of nitrogens with two attached hydrogens (primary N) is 1. The van der Waals surface area contributed by atoms with Crippen LogP contribution in [0.4, 0.5) is 5.95 Å². The molecule has 1 saturated heterocycles. The molecule has 17 heavy (non-hydrogen) atoms. The number of rotatable bonds is 3. The molecule has 92 valence electrons. The van der Waals surface area contributed by atoms with Gasteiger partial charge in [-0.25, -0.2) is 9.97 Å². The van der Waals surface area contributed by atoms with Crippen molar-refractivity contribution in [3.8, 4) is 0 Å². The first kappa shape index (κ1) is 12.2. The second kappa shape index (κ2) is 5.37. The first-order valence-electron chi connectivity index (χ1n) is 5.70. The van der Waals surface area contributed by atoms with E-state index in [4.69, 9.17) is 18.0 Å². The Morgan fingerprint density at radius 2 is 2.12 bits per heavy atom. The van der Waals surface area contributed by atoms with Gasteiger partial charge >= 0.3 is 0 Å². The van der Waals surface area contributed by atoms with Gasteiger partial charge in [0.15, 0.2) is 0 Å². The van der Waals surface area contributed by atoms with Crippen LogP contribution in [0.5, 0.6) is 0 Å². The molecule has 0 aliphatic carbocycles. The molecule has 0 bridgehead atoms. The molecule has 0 atom stereocenters. The number of aromatic nitrogens is 2. The highest BCUT2D eigenvalue weighted by molar-refractivity contribution is 7.80. The van der Waals surface area contributed by atoms with E-state index in [1.807, 2.05) is 13.0 Å². The summed E-state index contributed by atoms with van der Waals surface area (Å²) in [4.78, 5) is 13.7. The maximum atomic E-state index is 5.54. The molecule has 0 radical (unpaired) electrons. The van der Waals surface area contributed by atoms with Crippen LogP contribution in [0.25, 0.3) is 0 Å². The van der Waals surface area contributed by atoms with Gasteiger partial charge in [0.1, 0.15) is 0 Å². The Morgan fingerprint density at radius 1 is 1.41 bits per heavy atom. The molecule has 5 nitrogen and oxygen atoms in total. The SMILES string of the molecule is Cc1ccnc(N2CCN(CC(N)=S)CC2)n1. The molecule has 1 aliphatic heterocycles. The first-order valence-corrected chi connectivity index (χ1v) is 6.11. The van der Waals surface area contributed by atoms with Crippen molar-refractivity contribution in [2.45, 2.75) is 6.92 Å². The highest BCUT2D eigenvalue weighted by Crippen LogP contribution is 2.10. The fourth-order valence-corrected chi connectivity index (χ4v) is 2.10. The van der Waals surface area contributed by atoms with Crippen molar-refractivity contribution in [1.82, 2.24) is 14.9 Å². The van der Waals surface area contributed by atoms with Crippen molar-refractivity contribution in [1.29, 1.82) is 0 Å². The van der Waals surface area contributed by atoms with Crippen molar-refractivity contribution < 1.29 is 0 Å². The summed E-state index contributed by atoms with van der Waals surface area (Å²) in [6.45, 7) is 6.44. The van der Waals surface area contributed by atoms with Gasteiger partial charge < -0.3 is 10.6 Å². The average molecular weight is 251 g/mol. The minimum Gasteiger partial charge on any atom is -0.392 e. The summed E-state index contributed by atoms with van der Waals surface area (Å²) in [5.41, 5.74) is 6.54. The number of hydrogen-bond donors (Lipinski definition) is 1. The lowest BCUT2D eigenvalue weighted by molar-refractivity contribution is 0.291. The first-order chi connectivity index (χ1) is 8.15. The lowest BCUT2D eigenvalue weighted by Gasteiger charge is -2.34. The molecule has 0 unspecified atom stereocenters. The van der Waals surface area contributed by atoms with Gasteiger partial charge in [-0.1, -0.05) is 12.2 Å². The topological polar surface area (TPSA) is 58.3 Å². The molecule has 1 aliphatic rings. The smallest absolute Gasteiger partial charge is 0.225 e. The molecule has 0 spiro atoms. The quantitative estimate of drug-likeness (QED) is 0.774. The van der Waals surface area contributed by atoms with E-state index in [2.05, 4.69) is 19.8 Å². The summed E-state index contributed by atoms with van der Waals surface area (Å²) in [5.74, 6) is 0.819. The van der Waals surface area contributed by atoms with Crippen LogP contribution in [0.1, 0.15) is 5.69 Å². The molecule has 1 aromatic rings. The predicted octanol–water partition coefficient (Wildman–Crippen LogP) is 0.193. The fraction of sp³-hybridized carbons (Fsp3) is 0.545. The van der Waals surface area contributed by atoms with Gasteiger partial charge in [0.2, 0.25) is 5.95 Å². The van der Waals surface area contributed by atoms with Gasteiger partial charge in [-0.05, 0) is 13.0 Å². The van der Waals surface area contributed by atoms with Crippen LogP contribution < -0.4 is 10.6 Å². The van der Waals surface area contributed by atoms with E-state index in [9.17, 15) is 0 Å². The van der Waals surface area contributed by atoms with Gasteiger partial charge in [0.25, 0.3) is 0 Å². The molecule has 2 heterocycles. The Bertz CT molecular complexity index is 401. The Kier molecular flexibility index (Phi) is 3.86. The highest BCUT2D eigenvalue weighted by atomic mass is 32.1. The standard InChI is InChI=1S/C11H17N5S/c1-9-2-3-13-11(14-9)16-6-4-15(5-7-16)8-10(12)17/h2-3H,4-8H2,1H3,(H2,12,17). The minimum absolute atomic E-state index is 0.560. The number of nitrogens with zero attached hydrogens (tertiary/aromatic N) is 4. The Balaban J connectivity index is 1.93. The normalized spacial score (nSPS) is 17.1. The second-order valence-electron chi connectivity index (χ2n) is 4.23. The van der Waals surface area contributed by atoms with Crippen LogP contribution in [0.3, 0.4) is 0 Å². The largest absolute Gasteiger partial charge is 0.392 e. The second-order valence-corrected chi connectivity index (χ2v) is 4.75. The Hall–Kier alpha value is -1.27. The summed E-state index contributed by atoms with van der Waals surface area (Å²) in [7, 11) is 0. The number of hydrogen-bond acceptors (Lipinski definition) is 5. The maximum absolute atomic E-state index is 5.54. The van der Waals surface area contributed by atoms with Crippen molar-refractivity contribution in [3.05, 3.63) is 18.0 Å². The lowest BCUT2D eigenvalue weighted by Crippen LogP contribution is -2.49. The van der Waals surface area contributed by atoms with Gasteiger partial charge in [0.05, 0.1) is 4.99 Å². The summed E-state index contributed by atoms with van der Waals surface area (Å²) in [6.07, 6.45) is 1.80. The lowest BCUT2D eigenvalue weighted by atomic mass is 10.3. The van der Waals surface area contributed by atoms with Gasteiger partial charge in [-0.2, -0.15) is 0 Å². The van der Waals surface area contributed by atoms with E-state index in [1.54, 1.807) is 6.20 Å². The summed E-state index contributed by atoms with van der Waals surface area (Å²) in [6, 6.07) is 1.91. The molecular formula is C11H17N5S. The third-order valence-electron chi connectivity index (χ3n) is 2.82. The molecule has 2 N–H and O–H groups in total. The van der Waals surface area contributed by atoms with E-state index in [-0.39, 0.29) is 0 Å². The monoisotopic (exact) mass is 251 g/mol. The zero-order valence-corrected chi connectivity index (χ0v) is 10.8. The number of thiocarbonyl (C=S) groups is 1. The third kappa shape index (κ3) is 3.34. The average Bonchev–Trinajstić information content (AvgIpc) is 2.29. The zero-order valence-electron chi connectivity index (χ0n) is 9.96. The van der Waals surface area contributed by atoms with Crippen molar-refractivity contribution in [3.63, 3.8) is 0 Å². The summed E-state index contributed by atoms with van der Waals surface area (Å²) in [5, 5.41) is 0. The van der Waals surface area contributed by atoms with Gasteiger partial charge in [-0.3, -0.25) is 4.90 Å². The molecule has 0 amide bonds. The van der Waals surface area contributed by atoms with Crippen LogP contribution in [-0.4, -0.2) is 52.6 Å². The summed E-state index contributed by atoms with van der Waals surface area (Å²) >= 11 is 4.91. The van der Waals surface area contributed by atoms with Crippen LogP contribution in [-0.2, 0) is 0 Å². The Morgan fingerprint density at radius 3 is 2.71 bits per heavy atom. The maximum Gasteiger partial charge on any atom is 0.225 e. The van der Waals surface area contributed by atoms with Crippen LogP contribution in [0, 0.1) is 6.92 Å². The van der Waals surface area contributed by atoms with Crippen molar-refractivity contribution in [2.24, 2.45) is 5.73 Å². The van der Waals surface area contributed by atoms with E-state index in [0.717, 1.165) is 37.8 Å². The van der Waals surface area contributed by atoms with Gasteiger partial charge in [-0.15, -0.1) is 0 Å².